The highest BCUT2D eigenvalue weighted by molar-refractivity contribution is 7.89. The largest absolute Gasteiger partial charge is 0.478 e. The standard InChI is InChI=1S/C19H24N2O4S/c1-13(2)12-20-26(24,25)18-11-16(19(22)23)9-10-17(18)21-14(3)15-7-5-4-6-8-15/h4-11,13-14,20-21H,12H2,1-3H3,(H,22,23)/t14-/m1/s1. The van der Waals surface area contributed by atoms with Crippen LogP contribution in [-0.2, 0) is 10.0 Å². The fourth-order valence-electron chi connectivity index (χ4n) is 2.41. The summed E-state index contributed by atoms with van der Waals surface area (Å²) in [6.45, 7) is 5.98. The number of hydrogen-bond acceptors (Lipinski definition) is 4. The van der Waals surface area contributed by atoms with Gasteiger partial charge >= 0.3 is 5.97 Å². The highest BCUT2D eigenvalue weighted by Crippen LogP contribution is 2.27. The molecule has 7 heteroatoms. The smallest absolute Gasteiger partial charge is 0.335 e. The van der Waals surface area contributed by atoms with E-state index < -0.39 is 16.0 Å². The molecule has 3 N–H and O–H groups in total. The van der Waals surface area contributed by atoms with Gasteiger partial charge in [-0.25, -0.2) is 17.9 Å². The highest BCUT2D eigenvalue weighted by Gasteiger charge is 2.22. The van der Waals surface area contributed by atoms with Crippen LogP contribution in [0.1, 0.15) is 42.7 Å². The van der Waals surface area contributed by atoms with Gasteiger partial charge in [0.2, 0.25) is 10.0 Å². The number of anilines is 1. The summed E-state index contributed by atoms with van der Waals surface area (Å²) in [6, 6.07) is 13.5. The minimum Gasteiger partial charge on any atom is -0.478 e. The normalized spacial score (nSPS) is 12.8. The van der Waals surface area contributed by atoms with E-state index >= 15 is 0 Å². The van der Waals surface area contributed by atoms with Gasteiger partial charge in [-0.3, -0.25) is 0 Å². The van der Waals surface area contributed by atoms with E-state index in [1.807, 2.05) is 51.1 Å². The van der Waals surface area contributed by atoms with Gasteiger partial charge < -0.3 is 10.4 Å². The molecule has 0 saturated heterocycles. The Morgan fingerprint density at radius 1 is 1.08 bits per heavy atom. The lowest BCUT2D eigenvalue weighted by Crippen LogP contribution is -2.28. The molecule has 2 aromatic rings. The van der Waals surface area contributed by atoms with E-state index in [0.29, 0.717) is 5.69 Å². The number of aromatic carboxylic acids is 1. The summed E-state index contributed by atoms with van der Waals surface area (Å²) < 4.78 is 27.9. The van der Waals surface area contributed by atoms with Gasteiger partial charge in [-0.2, -0.15) is 0 Å². The molecule has 0 bridgehead atoms. The van der Waals surface area contributed by atoms with Crippen molar-refractivity contribution in [3.63, 3.8) is 0 Å². The van der Waals surface area contributed by atoms with Gasteiger partial charge in [0.15, 0.2) is 0 Å². The number of hydrogen-bond donors (Lipinski definition) is 3. The van der Waals surface area contributed by atoms with Crippen molar-refractivity contribution in [3.05, 3.63) is 59.7 Å². The van der Waals surface area contributed by atoms with Crippen LogP contribution in [-0.4, -0.2) is 26.0 Å². The van der Waals surface area contributed by atoms with Crippen molar-refractivity contribution in [2.45, 2.75) is 31.7 Å². The fraction of sp³-hybridized carbons (Fsp3) is 0.316. The van der Waals surface area contributed by atoms with E-state index in [-0.39, 0.29) is 29.0 Å². The molecule has 2 rings (SSSR count). The zero-order chi connectivity index (χ0) is 19.3. The summed E-state index contributed by atoms with van der Waals surface area (Å²) in [5.74, 6) is -1.04. The van der Waals surface area contributed by atoms with Crippen molar-refractivity contribution in [1.82, 2.24) is 4.72 Å². The van der Waals surface area contributed by atoms with Crippen molar-refractivity contribution >= 4 is 21.7 Å². The van der Waals surface area contributed by atoms with Crippen molar-refractivity contribution in [2.75, 3.05) is 11.9 Å². The second-order valence-corrected chi connectivity index (χ2v) is 8.27. The summed E-state index contributed by atoms with van der Waals surface area (Å²) in [4.78, 5) is 11.2. The summed E-state index contributed by atoms with van der Waals surface area (Å²) in [7, 11) is -3.85. The topological polar surface area (TPSA) is 95.5 Å². The second kappa shape index (κ2) is 8.33. The van der Waals surface area contributed by atoms with E-state index in [9.17, 15) is 18.3 Å². The summed E-state index contributed by atoms with van der Waals surface area (Å²) in [5, 5.41) is 12.4. The molecule has 26 heavy (non-hydrogen) atoms. The molecule has 6 nitrogen and oxygen atoms in total. The zero-order valence-corrected chi connectivity index (χ0v) is 15.9. The quantitative estimate of drug-likeness (QED) is 0.655. The maximum Gasteiger partial charge on any atom is 0.335 e. The molecule has 0 aromatic heterocycles. The minimum absolute atomic E-state index is 0.0687. The number of rotatable bonds is 8. The maximum atomic E-state index is 12.7. The van der Waals surface area contributed by atoms with Crippen molar-refractivity contribution < 1.29 is 18.3 Å². The summed E-state index contributed by atoms with van der Waals surface area (Å²) in [6.07, 6.45) is 0. The van der Waals surface area contributed by atoms with E-state index in [0.717, 1.165) is 5.56 Å². The van der Waals surface area contributed by atoms with E-state index in [1.54, 1.807) is 0 Å². The van der Waals surface area contributed by atoms with Gasteiger partial charge in [0.05, 0.1) is 11.3 Å². The van der Waals surface area contributed by atoms with Crippen LogP contribution in [0.15, 0.2) is 53.4 Å². The average molecular weight is 376 g/mol. The number of sulfonamides is 1. The first-order valence-corrected chi connectivity index (χ1v) is 9.87. The molecule has 0 aliphatic heterocycles. The van der Waals surface area contributed by atoms with Gasteiger partial charge in [0.1, 0.15) is 4.90 Å². The lowest BCUT2D eigenvalue weighted by atomic mass is 10.1. The Bertz CT molecular complexity index is 864. The Balaban J connectivity index is 2.40. The number of benzene rings is 2. The first-order valence-electron chi connectivity index (χ1n) is 8.39. The van der Waals surface area contributed by atoms with Crippen LogP contribution < -0.4 is 10.0 Å². The first-order chi connectivity index (χ1) is 12.2. The summed E-state index contributed by atoms with van der Waals surface area (Å²) in [5.41, 5.74) is 1.28. The van der Waals surface area contributed by atoms with Gasteiger partial charge in [0, 0.05) is 12.6 Å². The highest BCUT2D eigenvalue weighted by atomic mass is 32.2. The van der Waals surface area contributed by atoms with Crippen LogP contribution >= 0.6 is 0 Å². The third-order valence-electron chi connectivity index (χ3n) is 3.87. The van der Waals surface area contributed by atoms with Crippen LogP contribution in [0.2, 0.25) is 0 Å². The molecule has 0 fully saturated rings. The third-order valence-corrected chi connectivity index (χ3v) is 5.33. The van der Waals surface area contributed by atoms with Gasteiger partial charge in [0.25, 0.3) is 0 Å². The van der Waals surface area contributed by atoms with Gasteiger partial charge in [-0.15, -0.1) is 0 Å². The van der Waals surface area contributed by atoms with Crippen molar-refractivity contribution in [3.8, 4) is 0 Å². The Morgan fingerprint density at radius 3 is 2.31 bits per heavy atom. The van der Waals surface area contributed by atoms with Crippen LogP contribution in [0.5, 0.6) is 0 Å². The van der Waals surface area contributed by atoms with Gasteiger partial charge in [-0.05, 0) is 36.6 Å². The molecule has 0 saturated carbocycles. The number of nitrogens with one attached hydrogen (secondary N) is 2. The number of carboxylic acid groups (broad SMARTS) is 1. The molecule has 0 aliphatic carbocycles. The first kappa shape index (κ1) is 19.9. The summed E-state index contributed by atoms with van der Waals surface area (Å²) >= 11 is 0. The molecule has 0 spiro atoms. The van der Waals surface area contributed by atoms with E-state index in [2.05, 4.69) is 10.0 Å². The maximum absolute atomic E-state index is 12.7. The lowest BCUT2D eigenvalue weighted by Gasteiger charge is -2.19. The lowest BCUT2D eigenvalue weighted by molar-refractivity contribution is 0.0696. The monoisotopic (exact) mass is 376 g/mol. The van der Waals surface area contributed by atoms with Crippen LogP contribution in [0, 0.1) is 5.92 Å². The molecule has 0 aliphatic rings. The molecule has 0 unspecified atom stereocenters. The predicted octanol–water partition coefficient (Wildman–Crippen LogP) is 3.49. The predicted molar refractivity (Wildman–Crippen MR) is 102 cm³/mol. The van der Waals surface area contributed by atoms with Crippen molar-refractivity contribution in [1.29, 1.82) is 0 Å². The molecular formula is C19H24N2O4S. The Labute approximate surface area is 154 Å². The molecule has 1 atom stereocenters. The number of carbonyl (C=O) groups is 1. The Hall–Kier alpha value is -2.38. The second-order valence-electron chi connectivity index (χ2n) is 6.54. The van der Waals surface area contributed by atoms with Gasteiger partial charge in [-0.1, -0.05) is 44.2 Å². The van der Waals surface area contributed by atoms with Crippen LogP contribution in [0.3, 0.4) is 0 Å². The molecular weight excluding hydrogens is 352 g/mol. The zero-order valence-electron chi connectivity index (χ0n) is 15.1. The molecule has 0 amide bonds. The Kier molecular flexibility index (Phi) is 6.39. The SMILES string of the molecule is CC(C)CNS(=O)(=O)c1cc(C(=O)O)ccc1N[C@H](C)c1ccccc1. The number of carboxylic acids is 1. The molecule has 0 heterocycles. The van der Waals surface area contributed by atoms with E-state index in [1.165, 1.54) is 18.2 Å². The molecule has 2 aromatic carbocycles. The van der Waals surface area contributed by atoms with E-state index in [4.69, 9.17) is 0 Å². The fourth-order valence-corrected chi connectivity index (χ4v) is 3.82. The molecule has 0 radical (unpaired) electrons. The molecule has 140 valence electrons. The average Bonchev–Trinajstić information content (AvgIpc) is 2.61. The Morgan fingerprint density at radius 2 is 1.73 bits per heavy atom. The van der Waals surface area contributed by atoms with Crippen LogP contribution in [0.25, 0.3) is 0 Å². The van der Waals surface area contributed by atoms with Crippen LogP contribution in [0.4, 0.5) is 5.69 Å². The minimum atomic E-state index is -3.85. The van der Waals surface area contributed by atoms with Crippen molar-refractivity contribution in [2.24, 2.45) is 5.92 Å². The third kappa shape index (κ3) is 5.06.